The summed E-state index contributed by atoms with van der Waals surface area (Å²) >= 11 is 0. The van der Waals surface area contributed by atoms with E-state index in [9.17, 15) is 14.4 Å². The van der Waals surface area contributed by atoms with E-state index in [-0.39, 0.29) is 16.8 Å². The van der Waals surface area contributed by atoms with Crippen molar-refractivity contribution >= 4 is 17.4 Å². The van der Waals surface area contributed by atoms with Crippen LogP contribution in [0.3, 0.4) is 0 Å². The number of carbonyl (C=O) groups is 2. The summed E-state index contributed by atoms with van der Waals surface area (Å²) in [6.07, 6.45) is 2.65. The molecule has 0 fully saturated rings. The molecule has 0 saturated heterocycles. The fraction of sp³-hybridized carbons (Fsp3) is 0.250. The van der Waals surface area contributed by atoms with E-state index in [0.717, 1.165) is 5.69 Å². The number of anilines is 1. The van der Waals surface area contributed by atoms with E-state index in [4.69, 9.17) is 4.74 Å². The molecule has 1 aromatic carbocycles. The summed E-state index contributed by atoms with van der Waals surface area (Å²) in [6.45, 7) is 4.26. The molecule has 3 aromatic rings. The van der Waals surface area contributed by atoms with E-state index in [1.165, 1.54) is 6.07 Å². The maximum atomic E-state index is 12.8. The lowest BCUT2D eigenvalue weighted by atomic mass is 9.75. The van der Waals surface area contributed by atoms with Crippen molar-refractivity contribution in [2.24, 2.45) is 5.41 Å². The SMILES string of the molecule is CC1(C)CC(=O)c2cc(C(=O)Nc3cccc(OCc4ccccn4)c3)c(=O)[nH]c2C1. The highest BCUT2D eigenvalue weighted by Crippen LogP contribution is 2.33. The van der Waals surface area contributed by atoms with E-state index < -0.39 is 11.5 Å². The second-order valence-corrected chi connectivity index (χ2v) is 8.44. The summed E-state index contributed by atoms with van der Waals surface area (Å²) in [5, 5.41) is 2.71. The maximum Gasteiger partial charge on any atom is 0.261 e. The molecular weight excluding hydrogens is 394 g/mol. The predicted octanol–water partition coefficient (Wildman–Crippen LogP) is 3.76. The molecule has 0 saturated carbocycles. The van der Waals surface area contributed by atoms with Crippen molar-refractivity contribution < 1.29 is 14.3 Å². The molecule has 158 valence electrons. The first kappa shape index (κ1) is 20.5. The van der Waals surface area contributed by atoms with Crippen LogP contribution in [0.5, 0.6) is 5.75 Å². The molecule has 0 unspecified atom stereocenters. The molecule has 0 atom stereocenters. The summed E-state index contributed by atoms with van der Waals surface area (Å²) in [5.74, 6) is -0.0924. The van der Waals surface area contributed by atoms with Crippen LogP contribution in [0.4, 0.5) is 5.69 Å². The lowest BCUT2D eigenvalue weighted by Gasteiger charge is -2.29. The highest BCUT2D eigenvalue weighted by atomic mass is 16.5. The van der Waals surface area contributed by atoms with Gasteiger partial charge in [0, 0.05) is 35.6 Å². The molecule has 7 heteroatoms. The molecule has 0 radical (unpaired) electrons. The Labute approximate surface area is 179 Å². The molecule has 0 aliphatic heterocycles. The van der Waals surface area contributed by atoms with Gasteiger partial charge in [0.05, 0.1) is 5.69 Å². The molecule has 1 aliphatic carbocycles. The van der Waals surface area contributed by atoms with Gasteiger partial charge < -0.3 is 15.0 Å². The van der Waals surface area contributed by atoms with Crippen molar-refractivity contribution in [1.29, 1.82) is 0 Å². The number of carbonyl (C=O) groups excluding carboxylic acids is 2. The van der Waals surface area contributed by atoms with E-state index >= 15 is 0 Å². The number of pyridine rings is 2. The Bertz CT molecular complexity index is 1200. The van der Waals surface area contributed by atoms with Crippen molar-refractivity contribution in [2.75, 3.05) is 5.32 Å². The Morgan fingerprint density at radius 1 is 1.13 bits per heavy atom. The van der Waals surface area contributed by atoms with Crippen molar-refractivity contribution in [2.45, 2.75) is 33.3 Å². The molecule has 2 N–H and O–H groups in total. The van der Waals surface area contributed by atoms with Crippen LogP contribution < -0.4 is 15.6 Å². The number of rotatable bonds is 5. The third kappa shape index (κ3) is 4.71. The van der Waals surface area contributed by atoms with Crippen LogP contribution in [0.15, 0.2) is 59.5 Å². The zero-order valence-electron chi connectivity index (χ0n) is 17.4. The Morgan fingerprint density at radius 3 is 2.74 bits per heavy atom. The number of fused-ring (bicyclic) bond motifs is 1. The Hall–Kier alpha value is -3.74. The quantitative estimate of drug-likeness (QED) is 0.658. The third-order valence-corrected chi connectivity index (χ3v) is 5.17. The van der Waals surface area contributed by atoms with Gasteiger partial charge >= 0.3 is 0 Å². The number of Topliss-reactive ketones (excluding diaryl/α,β-unsaturated/α-hetero) is 1. The van der Waals surface area contributed by atoms with Crippen LogP contribution in [0.2, 0.25) is 0 Å². The van der Waals surface area contributed by atoms with Gasteiger partial charge in [0.2, 0.25) is 0 Å². The summed E-state index contributed by atoms with van der Waals surface area (Å²) in [5.41, 5.74) is 1.45. The number of nitrogens with zero attached hydrogens (tertiary/aromatic N) is 1. The van der Waals surface area contributed by atoms with Gasteiger partial charge in [-0.3, -0.25) is 19.4 Å². The zero-order chi connectivity index (χ0) is 22.0. The fourth-order valence-electron chi connectivity index (χ4n) is 3.70. The first-order valence-corrected chi connectivity index (χ1v) is 10.0. The number of ether oxygens (including phenoxy) is 1. The molecule has 4 rings (SSSR count). The molecule has 31 heavy (non-hydrogen) atoms. The topological polar surface area (TPSA) is 101 Å². The lowest BCUT2D eigenvalue weighted by Crippen LogP contribution is -2.32. The second-order valence-electron chi connectivity index (χ2n) is 8.44. The summed E-state index contributed by atoms with van der Waals surface area (Å²) < 4.78 is 5.73. The van der Waals surface area contributed by atoms with E-state index in [1.54, 1.807) is 30.5 Å². The summed E-state index contributed by atoms with van der Waals surface area (Å²) in [7, 11) is 0. The molecule has 2 heterocycles. The van der Waals surface area contributed by atoms with Gasteiger partial charge in [-0.2, -0.15) is 0 Å². The number of aromatic amines is 1. The van der Waals surface area contributed by atoms with E-state index in [0.29, 0.717) is 42.1 Å². The smallest absolute Gasteiger partial charge is 0.261 e. The van der Waals surface area contributed by atoms with E-state index in [2.05, 4.69) is 15.3 Å². The van der Waals surface area contributed by atoms with Crippen LogP contribution in [-0.2, 0) is 13.0 Å². The normalized spacial score (nSPS) is 14.6. The number of amides is 1. The molecule has 1 amide bonds. The van der Waals surface area contributed by atoms with Crippen molar-refractivity contribution in [3.63, 3.8) is 0 Å². The molecule has 0 spiro atoms. The molecular formula is C24H23N3O4. The minimum absolute atomic E-state index is 0.0681. The highest BCUT2D eigenvalue weighted by Gasteiger charge is 2.32. The van der Waals surface area contributed by atoms with Crippen molar-refractivity contribution in [3.05, 3.63) is 87.6 Å². The third-order valence-electron chi connectivity index (χ3n) is 5.17. The van der Waals surface area contributed by atoms with Crippen LogP contribution in [0.1, 0.15) is 52.4 Å². The van der Waals surface area contributed by atoms with Gasteiger partial charge in [0.15, 0.2) is 5.78 Å². The summed E-state index contributed by atoms with van der Waals surface area (Å²) in [6, 6.07) is 13.9. The fourth-order valence-corrected chi connectivity index (χ4v) is 3.70. The van der Waals surface area contributed by atoms with Crippen LogP contribution in [0, 0.1) is 5.41 Å². The van der Waals surface area contributed by atoms with Crippen LogP contribution >= 0.6 is 0 Å². The van der Waals surface area contributed by atoms with Crippen molar-refractivity contribution in [1.82, 2.24) is 9.97 Å². The van der Waals surface area contributed by atoms with Gasteiger partial charge in [-0.1, -0.05) is 26.0 Å². The standard InChI is InChI=1S/C24H23N3O4/c1-24(2)12-20-18(21(28)13-24)11-19(23(30)27-20)22(29)26-15-7-5-8-17(10-15)31-14-16-6-3-4-9-25-16/h3-11H,12-14H2,1-2H3,(H,26,29)(H,27,30). The lowest BCUT2D eigenvalue weighted by molar-refractivity contribution is 0.0910. The van der Waals surface area contributed by atoms with E-state index in [1.807, 2.05) is 32.0 Å². The van der Waals surface area contributed by atoms with Gasteiger partial charge in [0.1, 0.15) is 17.9 Å². The zero-order valence-corrected chi connectivity index (χ0v) is 17.4. The van der Waals surface area contributed by atoms with Gasteiger partial charge in [-0.25, -0.2) is 0 Å². The number of benzene rings is 1. The number of ketones is 1. The predicted molar refractivity (Wildman–Crippen MR) is 116 cm³/mol. The van der Waals surface area contributed by atoms with Crippen LogP contribution in [0.25, 0.3) is 0 Å². The first-order chi connectivity index (χ1) is 14.8. The van der Waals surface area contributed by atoms with Crippen LogP contribution in [-0.4, -0.2) is 21.7 Å². The molecule has 7 nitrogen and oxygen atoms in total. The Balaban J connectivity index is 1.51. The largest absolute Gasteiger partial charge is 0.487 e. The molecule has 2 aromatic heterocycles. The summed E-state index contributed by atoms with van der Waals surface area (Å²) in [4.78, 5) is 44.7. The van der Waals surface area contributed by atoms with Gasteiger partial charge in [-0.15, -0.1) is 0 Å². The number of aromatic nitrogens is 2. The maximum absolute atomic E-state index is 12.8. The second kappa shape index (κ2) is 8.18. The minimum Gasteiger partial charge on any atom is -0.487 e. The number of nitrogens with one attached hydrogen (secondary N) is 2. The monoisotopic (exact) mass is 417 g/mol. The van der Waals surface area contributed by atoms with Gasteiger partial charge in [0.25, 0.3) is 11.5 Å². The molecule has 0 bridgehead atoms. The highest BCUT2D eigenvalue weighted by molar-refractivity contribution is 6.06. The molecule has 1 aliphatic rings. The first-order valence-electron chi connectivity index (χ1n) is 10.0. The average molecular weight is 417 g/mol. The average Bonchev–Trinajstić information content (AvgIpc) is 2.72. The Kier molecular flexibility index (Phi) is 5.42. The number of hydrogen-bond donors (Lipinski definition) is 2. The number of H-pyrrole nitrogens is 1. The van der Waals surface area contributed by atoms with Gasteiger partial charge in [-0.05, 0) is 42.2 Å². The number of hydrogen-bond acceptors (Lipinski definition) is 5. The minimum atomic E-state index is -0.580. The van der Waals surface area contributed by atoms with Crippen molar-refractivity contribution in [3.8, 4) is 5.75 Å². The Morgan fingerprint density at radius 2 is 1.97 bits per heavy atom.